The van der Waals surface area contributed by atoms with Gasteiger partial charge in [0.05, 0.1) is 20.6 Å². The van der Waals surface area contributed by atoms with Gasteiger partial charge in [-0.25, -0.2) is 8.42 Å². The Bertz CT molecular complexity index is 1700. The van der Waals surface area contributed by atoms with Crippen LogP contribution in [0.4, 0.5) is 5.69 Å². The van der Waals surface area contributed by atoms with Crippen molar-refractivity contribution in [3.8, 4) is 0 Å². The summed E-state index contributed by atoms with van der Waals surface area (Å²) in [7, 11) is -4.28. The highest BCUT2D eigenvalue weighted by Crippen LogP contribution is 2.35. The fourth-order valence-electron chi connectivity index (χ4n) is 5.62. The van der Waals surface area contributed by atoms with E-state index in [4.69, 9.17) is 23.2 Å². The van der Waals surface area contributed by atoms with Crippen molar-refractivity contribution in [3.05, 3.63) is 130 Å². The fourth-order valence-corrected chi connectivity index (χ4v) is 7.51. The molecule has 0 saturated heterocycles. The van der Waals surface area contributed by atoms with Crippen molar-refractivity contribution >= 4 is 50.7 Å². The average Bonchev–Trinajstić information content (AvgIpc) is 3.57. The standard InChI is InChI=1S/C35H35Cl2N3O4S/c36-30-21-12-22-31(34(30)37)40(45(43,44)29-19-8-3-9-20-29)25-33(41)39(24-27-15-6-2-7-16-27)32(23-26-13-4-1-5-14-26)35(42)38-28-17-10-11-18-28/h1-9,12-16,19-22,28,32H,10-11,17-18,23-25H2,(H,38,42). The highest BCUT2D eigenvalue weighted by atomic mass is 35.5. The Morgan fingerprint density at radius 2 is 1.36 bits per heavy atom. The van der Waals surface area contributed by atoms with Crippen LogP contribution in [0.3, 0.4) is 0 Å². The number of benzene rings is 4. The molecule has 0 bridgehead atoms. The number of hydrogen-bond donors (Lipinski definition) is 1. The number of nitrogens with zero attached hydrogens (tertiary/aromatic N) is 2. The second-order valence-electron chi connectivity index (χ2n) is 11.1. The molecular formula is C35H35Cl2N3O4S. The number of halogens is 2. The maximum atomic E-state index is 14.5. The Morgan fingerprint density at radius 3 is 1.98 bits per heavy atom. The van der Waals surface area contributed by atoms with Gasteiger partial charge in [-0.15, -0.1) is 0 Å². The van der Waals surface area contributed by atoms with Gasteiger partial charge < -0.3 is 10.2 Å². The predicted molar refractivity (Wildman–Crippen MR) is 179 cm³/mol. The van der Waals surface area contributed by atoms with Crippen LogP contribution in [0.15, 0.2) is 114 Å². The third-order valence-electron chi connectivity index (χ3n) is 7.98. The van der Waals surface area contributed by atoms with E-state index in [-0.39, 0.29) is 45.5 Å². The molecule has 1 aliphatic rings. The number of amides is 2. The quantitative estimate of drug-likeness (QED) is 0.179. The SMILES string of the molecule is O=C(NC1CCCC1)C(Cc1ccccc1)N(Cc1ccccc1)C(=O)CN(c1cccc(Cl)c1Cl)S(=O)(=O)c1ccccc1. The van der Waals surface area contributed by atoms with Gasteiger partial charge in [0.1, 0.15) is 12.6 Å². The van der Waals surface area contributed by atoms with Crippen LogP contribution in [0, 0.1) is 0 Å². The first-order valence-corrected chi connectivity index (χ1v) is 17.1. The summed E-state index contributed by atoms with van der Waals surface area (Å²) in [6, 6.07) is 30.5. The van der Waals surface area contributed by atoms with Crippen molar-refractivity contribution in [2.45, 2.75) is 55.6 Å². The van der Waals surface area contributed by atoms with E-state index in [0.29, 0.717) is 0 Å². The summed E-state index contributed by atoms with van der Waals surface area (Å²) < 4.78 is 29.2. The topological polar surface area (TPSA) is 86.8 Å². The van der Waals surface area contributed by atoms with Gasteiger partial charge in [0.25, 0.3) is 10.0 Å². The van der Waals surface area contributed by atoms with Gasteiger partial charge in [-0.05, 0) is 48.2 Å². The molecule has 45 heavy (non-hydrogen) atoms. The molecule has 0 spiro atoms. The molecular weight excluding hydrogens is 629 g/mol. The molecule has 4 aromatic rings. The molecule has 10 heteroatoms. The third-order valence-corrected chi connectivity index (χ3v) is 10.6. The first-order valence-electron chi connectivity index (χ1n) is 14.9. The minimum absolute atomic E-state index is 0.000828. The van der Waals surface area contributed by atoms with E-state index >= 15 is 0 Å². The molecule has 0 radical (unpaired) electrons. The van der Waals surface area contributed by atoms with Crippen molar-refractivity contribution in [2.24, 2.45) is 0 Å². The van der Waals surface area contributed by atoms with E-state index in [1.807, 2.05) is 60.7 Å². The summed E-state index contributed by atoms with van der Waals surface area (Å²) in [6.45, 7) is -0.510. The van der Waals surface area contributed by atoms with Crippen LogP contribution in [0.25, 0.3) is 0 Å². The van der Waals surface area contributed by atoms with E-state index in [2.05, 4.69) is 5.32 Å². The minimum Gasteiger partial charge on any atom is -0.352 e. The Morgan fingerprint density at radius 1 is 0.778 bits per heavy atom. The lowest BCUT2D eigenvalue weighted by molar-refractivity contribution is -0.140. The van der Waals surface area contributed by atoms with Gasteiger partial charge in [0, 0.05) is 19.0 Å². The summed E-state index contributed by atoms with van der Waals surface area (Å²) in [5.74, 6) is -0.829. The lowest BCUT2D eigenvalue weighted by Crippen LogP contribution is -2.54. The van der Waals surface area contributed by atoms with Gasteiger partial charge in [0.15, 0.2) is 0 Å². The van der Waals surface area contributed by atoms with Gasteiger partial charge in [-0.3, -0.25) is 13.9 Å². The predicted octanol–water partition coefficient (Wildman–Crippen LogP) is 6.89. The molecule has 2 amide bonds. The summed E-state index contributed by atoms with van der Waals surface area (Å²) in [4.78, 5) is 30.1. The summed E-state index contributed by atoms with van der Waals surface area (Å²) >= 11 is 12.9. The Labute approximate surface area is 274 Å². The highest BCUT2D eigenvalue weighted by molar-refractivity contribution is 7.92. The number of rotatable bonds is 12. The molecule has 5 rings (SSSR count). The first kappa shape index (κ1) is 32.5. The van der Waals surface area contributed by atoms with E-state index < -0.39 is 28.5 Å². The van der Waals surface area contributed by atoms with Gasteiger partial charge >= 0.3 is 0 Å². The summed E-state index contributed by atoms with van der Waals surface area (Å²) in [5.41, 5.74) is 1.74. The van der Waals surface area contributed by atoms with Crippen molar-refractivity contribution in [1.29, 1.82) is 0 Å². The molecule has 0 heterocycles. The molecule has 234 valence electrons. The molecule has 1 N–H and O–H groups in total. The van der Waals surface area contributed by atoms with Gasteiger partial charge in [0.2, 0.25) is 11.8 Å². The van der Waals surface area contributed by atoms with Gasteiger partial charge in [-0.2, -0.15) is 0 Å². The largest absolute Gasteiger partial charge is 0.352 e. The number of carbonyl (C=O) groups excluding carboxylic acids is 2. The summed E-state index contributed by atoms with van der Waals surface area (Å²) in [6.07, 6.45) is 4.09. The Kier molecular flexibility index (Phi) is 10.8. The zero-order valence-electron chi connectivity index (χ0n) is 24.7. The lowest BCUT2D eigenvalue weighted by atomic mass is 10.0. The maximum absolute atomic E-state index is 14.5. The normalized spacial score (nSPS) is 14.1. The van der Waals surface area contributed by atoms with E-state index in [1.54, 1.807) is 30.3 Å². The van der Waals surface area contributed by atoms with Crippen molar-refractivity contribution < 1.29 is 18.0 Å². The second-order valence-corrected chi connectivity index (χ2v) is 13.7. The van der Waals surface area contributed by atoms with Crippen LogP contribution in [0.5, 0.6) is 0 Å². The summed E-state index contributed by atoms with van der Waals surface area (Å²) in [5, 5.41) is 3.32. The van der Waals surface area contributed by atoms with Crippen LogP contribution in [-0.2, 0) is 32.6 Å². The fraction of sp³-hybridized carbons (Fsp3) is 0.257. The van der Waals surface area contributed by atoms with Crippen molar-refractivity contribution in [1.82, 2.24) is 10.2 Å². The maximum Gasteiger partial charge on any atom is 0.264 e. The average molecular weight is 665 g/mol. The zero-order chi connectivity index (χ0) is 31.8. The van der Waals surface area contributed by atoms with Crippen LogP contribution in [0.1, 0.15) is 36.8 Å². The number of carbonyl (C=O) groups is 2. The third kappa shape index (κ3) is 8.06. The molecule has 7 nitrogen and oxygen atoms in total. The van der Waals surface area contributed by atoms with E-state index in [9.17, 15) is 18.0 Å². The molecule has 0 aromatic heterocycles. The van der Waals surface area contributed by atoms with Crippen molar-refractivity contribution in [3.63, 3.8) is 0 Å². The number of anilines is 1. The molecule has 1 atom stereocenters. The zero-order valence-corrected chi connectivity index (χ0v) is 27.0. The van der Waals surface area contributed by atoms with Crippen LogP contribution in [0.2, 0.25) is 10.0 Å². The lowest BCUT2D eigenvalue weighted by Gasteiger charge is -2.34. The number of sulfonamides is 1. The monoisotopic (exact) mass is 663 g/mol. The van der Waals surface area contributed by atoms with Crippen LogP contribution < -0.4 is 9.62 Å². The molecule has 1 aliphatic carbocycles. The van der Waals surface area contributed by atoms with Gasteiger partial charge in [-0.1, -0.05) is 121 Å². The number of hydrogen-bond acceptors (Lipinski definition) is 4. The van der Waals surface area contributed by atoms with Crippen molar-refractivity contribution in [2.75, 3.05) is 10.8 Å². The highest BCUT2D eigenvalue weighted by Gasteiger charge is 2.36. The first-order chi connectivity index (χ1) is 21.7. The Balaban J connectivity index is 1.57. The minimum atomic E-state index is -4.28. The smallest absolute Gasteiger partial charge is 0.264 e. The molecule has 1 saturated carbocycles. The van der Waals surface area contributed by atoms with Crippen LogP contribution in [-0.4, -0.2) is 43.8 Å². The number of nitrogens with one attached hydrogen (secondary N) is 1. The second kappa shape index (κ2) is 15.0. The molecule has 0 aliphatic heterocycles. The van der Waals surface area contributed by atoms with E-state index in [1.165, 1.54) is 23.1 Å². The van der Waals surface area contributed by atoms with Crippen LogP contribution >= 0.6 is 23.2 Å². The molecule has 1 unspecified atom stereocenters. The molecule has 4 aromatic carbocycles. The van der Waals surface area contributed by atoms with E-state index in [0.717, 1.165) is 41.1 Å². The Hall–Kier alpha value is -3.85. The molecule has 1 fully saturated rings.